The lowest BCUT2D eigenvalue weighted by Crippen LogP contribution is -2.34. The predicted octanol–water partition coefficient (Wildman–Crippen LogP) is 3.27. The maximum absolute atomic E-state index is 12.1. The van der Waals surface area contributed by atoms with E-state index in [1.807, 2.05) is 22.8 Å². The van der Waals surface area contributed by atoms with Gasteiger partial charge in [0.15, 0.2) is 0 Å². The number of piperidine rings is 1. The number of nitrogens with zero attached hydrogens (tertiary/aromatic N) is 2. The molecule has 0 saturated carbocycles. The number of thiazole rings is 1. The molecule has 3 rings (SSSR count). The molecule has 0 amide bonds. The number of likely N-dealkylation sites (tertiary alicyclic amines) is 1. The number of halogens is 1. The van der Waals surface area contributed by atoms with E-state index in [4.69, 9.17) is 0 Å². The number of hydrogen-bond acceptors (Lipinski definition) is 3. The Morgan fingerprint density at radius 1 is 1.22 bits per heavy atom. The van der Waals surface area contributed by atoms with Crippen LogP contribution < -0.4 is 4.87 Å². The number of aromatic nitrogens is 1. The Hall–Kier alpha value is -0.650. The molecule has 0 radical (unpaired) electrons. The molecule has 0 spiro atoms. The van der Waals surface area contributed by atoms with E-state index in [9.17, 15) is 4.79 Å². The van der Waals surface area contributed by atoms with Crippen LogP contribution in [-0.4, -0.2) is 22.6 Å². The lowest BCUT2D eigenvalue weighted by atomic mass is 10.1. The van der Waals surface area contributed by atoms with Crippen LogP contribution in [-0.2, 0) is 6.67 Å². The summed E-state index contributed by atoms with van der Waals surface area (Å²) in [5.74, 6) is 0. The minimum absolute atomic E-state index is 0.147. The Balaban J connectivity index is 1.95. The molecule has 1 saturated heterocycles. The van der Waals surface area contributed by atoms with Gasteiger partial charge in [-0.15, -0.1) is 0 Å². The molecule has 0 bridgehead atoms. The highest BCUT2D eigenvalue weighted by atomic mass is 79.9. The van der Waals surface area contributed by atoms with E-state index < -0.39 is 0 Å². The van der Waals surface area contributed by atoms with Gasteiger partial charge in [0.1, 0.15) is 0 Å². The van der Waals surface area contributed by atoms with Gasteiger partial charge in [-0.25, -0.2) is 0 Å². The summed E-state index contributed by atoms with van der Waals surface area (Å²) in [5.41, 5.74) is 1.05. The zero-order valence-corrected chi connectivity index (χ0v) is 12.5. The Labute approximate surface area is 118 Å². The predicted molar refractivity (Wildman–Crippen MR) is 79.2 cm³/mol. The minimum Gasteiger partial charge on any atom is -0.286 e. The highest BCUT2D eigenvalue weighted by molar-refractivity contribution is 9.10. The smallest absolute Gasteiger partial charge is 0.286 e. The fraction of sp³-hybridized carbons (Fsp3) is 0.462. The van der Waals surface area contributed by atoms with Crippen LogP contribution in [0.3, 0.4) is 0 Å². The van der Waals surface area contributed by atoms with Crippen molar-refractivity contribution in [2.45, 2.75) is 25.9 Å². The molecule has 3 nitrogen and oxygen atoms in total. The summed E-state index contributed by atoms with van der Waals surface area (Å²) in [6, 6.07) is 6.05. The van der Waals surface area contributed by atoms with Crippen LogP contribution in [0.2, 0.25) is 0 Å². The van der Waals surface area contributed by atoms with E-state index >= 15 is 0 Å². The summed E-state index contributed by atoms with van der Waals surface area (Å²) in [7, 11) is 0. The van der Waals surface area contributed by atoms with Gasteiger partial charge in [-0.3, -0.25) is 14.3 Å². The van der Waals surface area contributed by atoms with E-state index in [0.29, 0.717) is 0 Å². The highest BCUT2D eigenvalue weighted by Gasteiger charge is 2.14. The van der Waals surface area contributed by atoms with Crippen molar-refractivity contribution in [3.05, 3.63) is 32.3 Å². The second kappa shape index (κ2) is 5.15. The molecule has 1 aliphatic heterocycles. The summed E-state index contributed by atoms with van der Waals surface area (Å²) in [5, 5.41) is 0. The lowest BCUT2D eigenvalue weighted by molar-refractivity contribution is 0.184. The van der Waals surface area contributed by atoms with Crippen molar-refractivity contribution in [2.75, 3.05) is 13.1 Å². The first kappa shape index (κ1) is 12.4. The summed E-state index contributed by atoms with van der Waals surface area (Å²) in [6.07, 6.45) is 3.83. The first-order valence-electron chi connectivity index (χ1n) is 6.25. The fourth-order valence-corrected chi connectivity index (χ4v) is 3.91. The second-order valence-electron chi connectivity index (χ2n) is 4.73. The third-order valence-corrected chi connectivity index (χ3v) is 4.86. The van der Waals surface area contributed by atoms with Crippen LogP contribution in [0.5, 0.6) is 0 Å². The van der Waals surface area contributed by atoms with E-state index in [-0.39, 0.29) is 4.87 Å². The van der Waals surface area contributed by atoms with Crippen molar-refractivity contribution in [3.63, 3.8) is 0 Å². The molecule has 0 unspecified atom stereocenters. The van der Waals surface area contributed by atoms with E-state index in [1.54, 1.807) is 0 Å². The fourth-order valence-electron chi connectivity index (χ4n) is 2.47. The summed E-state index contributed by atoms with van der Waals surface area (Å²) in [4.78, 5) is 14.6. The summed E-state index contributed by atoms with van der Waals surface area (Å²) >= 11 is 4.78. The molecule has 0 N–H and O–H groups in total. The van der Waals surface area contributed by atoms with Gasteiger partial charge in [0.25, 0.3) is 0 Å². The Bertz CT molecular complexity index is 613. The van der Waals surface area contributed by atoms with Gasteiger partial charge in [0, 0.05) is 4.47 Å². The Morgan fingerprint density at radius 3 is 2.78 bits per heavy atom. The van der Waals surface area contributed by atoms with Gasteiger partial charge in [0.2, 0.25) is 0 Å². The summed E-state index contributed by atoms with van der Waals surface area (Å²) < 4.78 is 3.99. The molecule has 2 heterocycles. The zero-order chi connectivity index (χ0) is 12.5. The van der Waals surface area contributed by atoms with Crippen LogP contribution in [0.1, 0.15) is 19.3 Å². The molecule has 96 valence electrons. The van der Waals surface area contributed by atoms with Crippen LogP contribution in [0.25, 0.3) is 10.2 Å². The van der Waals surface area contributed by atoms with Crippen LogP contribution in [0.4, 0.5) is 0 Å². The number of rotatable bonds is 2. The minimum atomic E-state index is 0.147. The molecule has 1 aromatic heterocycles. The molecule has 1 aromatic carbocycles. The third-order valence-electron chi connectivity index (χ3n) is 3.42. The number of benzene rings is 1. The monoisotopic (exact) mass is 326 g/mol. The maximum Gasteiger partial charge on any atom is 0.309 e. The molecule has 0 atom stereocenters. The topological polar surface area (TPSA) is 25.2 Å². The second-order valence-corrected chi connectivity index (χ2v) is 6.64. The molecular formula is C13H15BrN2OS. The van der Waals surface area contributed by atoms with Crippen molar-refractivity contribution < 1.29 is 0 Å². The van der Waals surface area contributed by atoms with E-state index in [0.717, 1.165) is 34.4 Å². The van der Waals surface area contributed by atoms with Crippen LogP contribution in [0.15, 0.2) is 27.5 Å². The normalized spacial score (nSPS) is 17.4. The number of hydrogen-bond donors (Lipinski definition) is 0. The number of fused-ring (bicyclic) bond motifs is 1. The molecule has 1 aliphatic rings. The van der Waals surface area contributed by atoms with Gasteiger partial charge in [-0.2, -0.15) is 0 Å². The van der Waals surface area contributed by atoms with E-state index in [1.165, 1.54) is 30.6 Å². The van der Waals surface area contributed by atoms with Gasteiger partial charge < -0.3 is 0 Å². The van der Waals surface area contributed by atoms with Crippen molar-refractivity contribution in [3.8, 4) is 0 Å². The highest BCUT2D eigenvalue weighted by Crippen LogP contribution is 2.22. The average Bonchev–Trinajstić information content (AvgIpc) is 2.66. The quantitative estimate of drug-likeness (QED) is 0.846. The van der Waals surface area contributed by atoms with Crippen molar-refractivity contribution in [1.82, 2.24) is 9.47 Å². The van der Waals surface area contributed by atoms with Gasteiger partial charge >= 0.3 is 4.87 Å². The van der Waals surface area contributed by atoms with Gasteiger partial charge in [0.05, 0.1) is 16.9 Å². The first-order valence-corrected chi connectivity index (χ1v) is 7.86. The van der Waals surface area contributed by atoms with Gasteiger partial charge in [-0.1, -0.05) is 33.7 Å². The van der Waals surface area contributed by atoms with Crippen LogP contribution in [0, 0.1) is 0 Å². The summed E-state index contributed by atoms with van der Waals surface area (Å²) in [6.45, 7) is 2.96. The standard InChI is InChI=1S/C13H15BrN2OS/c14-10-4-5-11-12(8-10)18-13(17)16(11)9-15-6-2-1-3-7-15/h4-5,8H,1-3,6-7,9H2. The van der Waals surface area contributed by atoms with Crippen LogP contribution >= 0.6 is 27.3 Å². The SMILES string of the molecule is O=c1sc2cc(Br)ccc2n1CN1CCCCC1. The molecule has 1 fully saturated rings. The average molecular weight is 327 g/mol. The van der Waals surface area contributed by atoms with Crippen molar-refractivity contribution >= 4 is 37.5 Å². The largest absolute Gasteiger partial charge is 0.309 e. The Morgan fingerprint density at radius 2 is 2.00 bits per heavy atom. The first-order chi connectivity index (χ1) is 8.74. The Kier molecular flexibility index (Phi) is 3.54. The van der Waals surface area contributed by atoms with Crippen molar-refractivity contribution in [2.24, 2.45) is 0 Å². The molecular weight excluding hydrogens is 312 g/mol. The van der Waals surface area contributed by atoms with Crippen molar-refractivity contribution in [1.29, 1.82) is 0 Å². The van der Waals surface area contributed by atoms with Gasteiger partial charge in [-0.05, 0) is 44.1 Å². The van der Waals surface area contributed by atoms with E-state index in [2.05, 4.69) is 20.8 Å². The lowest BCUT2D eigenvalue weighted by Gasteiger charge is -2.26. The molecule has 2 aromatic rings. The molecule has 5 heteroatoms. The zero-order valence-electron chi connectivity index (χ0n) is 10.1. The molecule has 18 heavy (non-hydrogen) atoms. The molecule has 0 aliphatic carbocycles. The maximum atomic E-state index is 12.1. The third kappa shape index (κ3) is 2.39.